The maximum atomic E-state index is 13.2. The summed E-state index contributed by atoms with van der Waals surface area (Å²) in [6, 6.07) is 8.97. The molecule has 0 bridgehead atoms. The highest BCUT2D eigenvalue weighted by molar-refractivity contribution is 6.08. The minimum atomic E-state index is -0.783. The van der Waals surface area contributed by atoms with Crippen LogP contribution in [0.4, 0.5) is 15.8 Å². The molecule has 7 heteroatoms. The third-order valence-electron chi connectivity index (χ3n) is 2.94. The first-order valence-corrected chi connectivity index (χ1v) is 5.92. The quantitative estimate of drug-likeness (QED) is 0.695. The van der Waals surface area contributed by atoms with Crippen molar-refractivity contribution in [3.05, 3.63) is 64.0 Å². The molecule has 0 saturated carbocycles. The molecule has 2 rings (SSSR count). The number of hydrogen-bond donors (Lipinski definition) is 1. The zero-order chi connectivity index (χ0) is 15.6. The summed E-state index contributed by atoms with van der Waals surface area (Å²) in [5.74, 6) is -1.91. The standard InChI is InChI=1S/C14H11FN2O4/c1-16(10-5-2-4-9(15)8-10)14(19)11-6-3-7-12(13(11)18)17(20)21/h2-8,18H,1H3. The Hall–Kier alpha value is -2.96. The van der Waals surface area contributed by atoms with E-state index >= 15 is 0 Å². The molecule has 0 aliphatic rings. The van der Waals surface area contributed by atoms with Crippen LogP contribution in [0, 0.1) is 15.9 Å². The number of nitrogens with zero attached hydrogens (tertiary/aromatic N) is 2. The molecule has 0 fully saturated rings. The SMILES string of the molecule is CN(C(=O)c1cccc([N+](=O)[O-])c1O)c1cccc(F)c1. The van der Waals surface area contributed by atoms with Crippen molar-refractivity contribution >= 4 is 17.3 Å². The number of carbonyl (C=O) groups is 1. The number of anilines is 1. The molecular formula is C14H11FN2O4. The van der Waals surface area contributed by atoms with Gasteiger partial charge in [-0.3, -0.25) is 14.9 Å². The van der Waals surface area contributed by atoms with E-state index in [0.29, 0.717) is 0 Å². The van der Waals surface area contributed by atoms with E-state index in [-0.39, 0.29) is 11.3 Å². The third-order valence-corrected chi connectivity index (χ3v) is 2.94. The summed E-state index contributed by atoms with van der Waals surface area (Å²) in [7, 11) is 1.38. The van der Waals surface area contributed by atoms with Crippen molar-refractivity contribution in [1.82, 2.24) is 0 Å². The van der Waals surface area contributed by atoms with Gasteiger partial charge in [0.15, 0.2) is 0 Å². The Morgan fingerprint density at radius 3 is 2.57 bits per heavy atom. The fourth-order valence-electron chi connectivity index (χ4n) is 1.83. The van der Waals surface area contributed by atoms with Crippen molar-refractivity contribution in [3.8, 4) is 5.75 Å². The lowest BCUT2D eigenvalue weighted by Gasteiger charge is -2.17. The van der Waals surface area contributed by atoms with Gasteiger partial charge in [-0.05, 0) is 24.3 Å². The van der Waals surface area contributed by atoms with Crippen molar-refractivity contribution in [2.45, 2.75) is 0 Å². The first-order chi connectivity index (χ1) is 9.91. The summed E-state index contributed by atoms with van der Waals surface area (Å²) in [6.07, 6.45) is 0. The lowest BCUT2D eigenvalue weighted by atomic mass is 10.1. The monoisotopic (exact) mass is 290 g/mol. The summed E-state index contributed by atoms with van der Waals surface area (Å²) >= 11 is 0. The zero-order valence-electron chi connectivity index (χ0n) is 11.0. The van der Waals surface area contributed by atoms with E-state index in [1.807, 2.05) is 0 Å². The minimum Gasteiger partial charge on any atom is -0.502 e. The molecule has 0 spiro atoms. The van der Waals surface area contributed by atoms with Gasteiger partial charge >= 0.3 is 5.69 Å². The maximum Gasteiger partial charge on any atom is 0.311 e. The van der Waals surface area contributed by atoms with Crippen LogP contribution in [0.2, 0.25) is 0 Å². The van der Waals surface area contributed by atoms with E-state index < -0.39 is 28.1 Å². The molecule has 108 valence electrons. The van der Waals surface area contributed by atoms with Crippen LogP contribution in [-0.4, -0.2) is 23.0 Å². The van der Waals surface area contributed by atoms with Gasteiger partial charge in [0.1, 0.15) is 5.82 Å². The van der Waals surface area contributed by atoms with Gasteiger partial charge in [-0.2, -0.15) is 0 Å². The van der Waals surface area contributed by atoms with Crippen molar-refractivity contribution in [1.29, 1.82) is 0 Å². The smallest absolute Gasteiger partial charge is 0.311 e. The maximum absolute atomic E-state index is 13.2. The van der Waals surface area contributed by atoms with Crippen LogP contribution < -0.4 is 4.90 Å². The molecule has 2 aromatic carbocycles. The molecule has 6 nitrogen and oxygen atoms in total. The van der Waals surface area contributed by atoms with E-state index in [9.17, 15) is 24.4 Å². The Bertz CT molecular complexity index is 718. The van der Waals surface area contributed by atoms with Gasteiger partial charge in [0.25, 0.3) is 5.91 Å². The number of phenolic OH excluding ortho intramolecular Hbond substituents is 1. The Labute approximate surface area is 119 Å². The second-order valence-corrected chi connectivity index (χ2v) is 4.27. The second-order valence-electron chi connectivity index (χ2n) is 4.27. The lowest BCUT2D eigenvalue weighted by molar-refractivity contribution is -0.385. The van der Waals surface area contributed by atoms with E-state index in [1.54, 1.807) is 0 Å². The number of hydrogen-bond acceptors (Lipinski definition) is 4. The fourth-order valence-corrected chi connectivity index (χ4v) is 1.83. The molecule has 0 aromatic heterocycles. The van der Waals surface area contributed by atoms with Gasteiger partial charge in [0.2, 0.25) is 5.75 Å². The van der Waals surface area contributed by atoms with E-state index in [4.69, 9.17) is 0 Å². The summed E-state index contributed by atoms with van der Waals surface area (Å²) in [5.41, 5.74) is -0.518. The summed E-state index contributed by atoms with van der Waals surface area (Å²) in [5, 5.41) is 20.6. The van der Waals surface area contributed by atoms with Gasteiger partial charge < -0.3 is 10.0 Å². The highest BCUT2D eigenvalue weighted by Gasteiger charge is 2.23. The van der Waals surface area contributed by atoms with Crippen LogP contribution >= 0.6 is 0 Å². The van der Waals surface area contributed by atoms with Crippen LogP contribution in [-0.2, 0) is 0 Å². The number of halogens is 1. The zero-order valence-corrected chi connectivity index (χ0v) is 11.0. The molecule has 0 aliphatic carbocycles. The molecular weight excluding hydrogens is 279 g/mol. The topological polar surface area (TPSA) is 83.7 Å². The Morgan fingerprint density at radius 2 is 1.95 bits per heavy atom. The molecule has 2 aromatic rings. The normalized spacial score (nSPS) is 10.2. The first-order valence-electron chi connectivity index (χ1n) is 5.92. The van der Waals surface area contributed by atoms with Gasteiger partial charge in [0, 0.05) is 18.8 Å². The number of nitro groups is 1. The van der Waals surface area contributed by atoms with E-state index in [2.05, 4.69) is 0 Å². The second kappa shape index (κ2) is 5.58. The molecule has 0 heterocycles. The Morgan fingerprint density at radius 1 is 1.29 bits per heavy atom. The van der Waals surface area contributed by atoms with E-state index in [1.165, 1.54) is 37.4 Å². The number of phenols is 1. The molecule has 1 amide bonds. The predicted octanol–water partition coefficient (Wildman–Crippen LogP) is 2.72. The Kier molecular flexibility index (Phi) is 3.84. The highest BCUT2D eigenvalue weighted by Crippen LogP contribution is 2.30. The van der Waals surface area contributed by atoms with Crippen molar-refractivity contribution in [3.63, 3.8) is 0 Å². The lowest BCUT2D eigenvalue weighted by Crippen LogP contribution is -2.26. The first kappa shape index (κ1) is 14.4. The third kappa shape index (κ3) is 2.81. The van der Waals surface area contributed by atoms with Crippen molar-refractivity contribution in [2.24, 2.45) is 0 Å². The van der Waals surface area contributed by atoms with Gasteiger partial charge in [-0.25, -0.2) is 4.39 Å². The number of rotatable bonds is 3. The Balaban J connectivity index is 2.41. The van der Waals surface area contributed by atoms with Crippen molar-refractivity contribution in [2.75, 3.05) is 11.9 Å². The number of benzene rings is 2. The fraction of sp³-hybridized carbons (Fsp3) is 0.0714. The average molecular weight is 290 g/mol. The number of aromatic hydroxyl groups is 1. The molecule has 21 heavy (non-hydrogen) atoms. The van der Waals surface area contributed by atoms with Crippen LogP contribution in [0.25, 0.3) is 0 Å². The number of para-hydroxylation sites is 1. The average Bonchev–Trinajstić information content (AvgIpc) is 2.45. The van der Waals surface area contributed by atoms with Gasteiger partial charge in [-0.15, -0.1) is 0 Å². The van der Waals surface area contributed by atoms with Crippen LogP contribution in [0.15, 0.2) is 42.5 Å². The van der Waals surface area contributed by atoms with Crippen LogP contribution in [0.3, 0.4) is 0 Å². The largest absolute Gasteiger partial charge is 0.502 e. The molecule has 0 aliphatic heterocycles. The number of nitro benzene ring substituents is 1. The molecule has 0 atom stereocenters. The number of amides is 1. The summed E-state index contributed by atoms with van der Waals surface area (Å²) in [6.45, 7) is 0. The van der Waals surface area contributed by atoms with E-state index in [0.717, 1.165) is 17.0 Å². The molecule has 1 N–H and O–H groups in total. The van der Waals surface area contributed by atoms with Crippen LogP contribution in [0.1, 0.15) is 10.4 Å². The van der Waals surface area contributed by atoms with Crippen molar-refractivity contribution < 1.29 is 19.2 Å². The number of carbonyl (C=O) groups excluding carboxylic acids is 1. The molecule has 0 unspecified atom stereocenters. The van der Waals surface area contributed by atoms with Gasteiger partial charge in [-0.1, -0.05) is 12.1 Å². The summed E-state index contributed by atoms with van der Waals surface area (Å²) in [4.78, 5) is 23.3. The molecule has 0 radical (unpaired) electrons. The van der Waals surface area contributed by atoms with Crippen LogP contribution in [0.5, 0.6) is 5.75 Å². The minimum absolute atomic E-state index is 0.226. The summed E-state index contributed by atoms with van der Waals surface area (Å²) < 4.78 is 13.2. The predicted molar refractivity (Wildman–Crippen MR) is 73.9 cm³/mol. The molecule has 0 saturated heterocycles. The highest BCUT2D eigenvalue weighted by atomic mass is 19.1. The van der Waals surface area contributed by atoms with Gasteiger partial charge in [0.05, 0.1) is 10.5 Å².